The number of methoxy groups -OCH3 is 1. The molecule has 66 heavy (non-hydrogen) atoms. The highest BCUT2D eigenvalue weighted by Crippen LogP contribution is 2.42. The molecule has 8 rings (SSSR count). The van der Waals surface area contributed by atoms with Gasteiger partial charge in [-0.2, -0.15) is 9.57 Å². The van der Waals surface area contributed by atoms with Gasteiger partial charge in [-0.1, -0.05) is 89.1 Å². The molecule has 0 saturated carbocycles. The Bertz CT molecular complexity index is 2980. The van der Waals surface area contributed by atoms with E-state index >= 15 is 0 Å². The molecule has 338 valence electrons. The monoisotopic (exact) mass is 965 g/mol. The summed E-state index contributed by atoms with van der Waals surface area (Å²) in [6.45, 7) is 3.02. The van der Waals surface area contributed by atoms with Crippen molar-refractivity contribution in [2.45, 2.75) is 62.2 Å². The number of thiazole rings is 1. The molecule has 1 aromatic heterocycles. The zero-order valence-corrected chi connectivity index (χ0v) is 38.8. The molecule has 14 nitrogen and oxygen atoms in total. The number of nitrogens with one attached hydrogen (secondary N) is 2. The minimum absolute atomic E-state index is 0.0461. The van der Waals surface area contributed by atoms with Crippen LogP contribution in [0.3, 0.4) is 0 Å². The fourth-order valence-electron chi connectivity index (χ4n) is 7.68. The lowest BCUT2D eigenvalue weighted by Gasteiger charge is -2.36. The van der Waals surface area contributed by atoms with Gasteiger partial charge < -0.3 is 29.6 Å². The molecule has 3 unspecified atom stereocenters. The first kappa shape index (κ1) is 46.1. The van der Waals surface area contributed by atoms with Gasteiger partial charge in [-0.05, 0) is 101 Å². The second-order valence-electron chi connectivity index (χ2n) is 15.6. The molecular formula is C48H41Cl2N5O9S2. The van der Waals surface area contributed by atoms with Crippen LogP contribution in [0, 0.1) is 18.3 Å². The van der Waals surface area contributed by atoms with Crippen molar-refractivity contribution in [3.05, 3.63) is 152 Å². The molecule has 2 aliphatic rings. The molecule has 2 aliphatic heterocycles. The lowest BCUT2D eigenvalue weighted by molar-refractivity contribution is -0.145. The number of hydrogen-bond acceptors (Lipinski definition) is 12. The maximum Gasteiger partial charge on any atom is 0.328 e. The molecule has 6 aromatic rings. The van der Waals surface area contributed by atoms with E-state index in [9.17, 15) is 22.8 Å². The van der Waals surface area contributed by atoms with Crippen molar-refractivity contribution >= 4 is 67.5 Å². The van der Waals surface area contributed by atoms with Crippen LogP contribution in [-0.2, 0) is 55.1 Å². The van der Waals surface area contributed by atoms with Crippen LogP contribution in [-0.4, -0.2) is 61.3 Å². The third kappa shape index (κ3) is 10.2. The van der Waals surface area contributed by atoms with Gasteiger partial charge in [-0.25, -0.2) is 18.2 Å². The number of aromatic nitrogens is 1. The topological polar surface area (TPSA) is 186 Å². The number of nitrogens with zero attached hydrogens (tertiary/aromatic N) is 3. The van der Waals surface area contributed by atoms with Gasteiger partial charge in [0.15, 0.2) is 26.9 Å². The first-order chi connectivity index (χ1) is 31.7. The smallest absolute Gasteiger partial charge is 0.328 e. The largest absolute Gasteiger partial charge is 0.489 e. The maximum atomic E-state index is 14.7. The first-order valence-electron chi connectivity index (χ1n) is 20.6. The number of ether oxygens (including phenoxy) is 4. The van der Waals surface area contributed by atoms with Crippen LogP contribution >= 0.6 is 34.5 Å². The SMILES string of the molecule is COC(=O)C(Cc1ccc(-c2ccc(C#N)cc2)cc1)NC(=O)C1Cc2cc3c(cc2CN1S(=O)(=O)c1sc(NC(C)=O)nc1C)OC(c1ccc(OCc2ccc(Cl)c(Cl)c2)cc1)CO3. The van der Waals surface area contributed by atoms with E-state index in [1.165, 1.54) is 21.0 Å². The highest BCUT2D eigenvalue weighted by molar-refractivity contribution is 7.91. The number of hydrogen-bond donors (Lipinski definition) is 2. The third-order valence-corrected chi connectivity index (χ3v) is 15.3. The average molecular weight is 967 g/mol. The lowest BCUT2D eigenvalue weighted by atomic mass is 9.93. The van der Waals surface area contributed by atoms with E-state index in [1.807, 2.05) is 66.7 Å². The molecule has 2 amide bonds. The van der Waals surface area contributed by atoms with Gasteiger partial charge >= 0.3 is 5.97 Å². The number of aryl methyl sites for hydroxylation is 1. The number of amides is 2. The second kappa shape index (κ2) is 19.5. The Morgan fingerprint density at radius 1 is 0.924 bits per heavy atom. The minimum atomic E-state index is -4.46. The van der Waals surface area contributed by atoms with Gasteiger partial charge in [-0.15, -0.1) is 0 Å². The zero-order chi connectivity index (χ0) is 46.7. The first-order valence-corrected chi connectivity index (χ1v) is 23.6. The molecule has 0 aliphatic carbocycles. The summed E-state index contributed by atoms with van der Waals surface area (Å²) < 4.78 is 54.1. The number of fused-ring (bicyclic) bond motifs is 2. The van der Waals surface area contributed by atoms with Gasteiger partial charge in [0.25, 0.3) is 10.0 Å². The molecule has 5 aromatic carbocycles. The molecular weight excluding hydrogens is 926 g/mol. The summed E-state index contributed by atoms with van der Waals surface area (Å²) in [5.41, 5.74) is 6.07. The molecule has 3 atom stereocenters. The summed E-state index contributed by atoms with van der Waals surface area (Å²) in [4.78, 5) is 43.9. The van der Waals surface area contributed by atoms with E-state index in [-0.39, 0.29) is 47.6 Å². The summed E-state index contributed by atoms with van der Waals surface area (Å²) in [5.74, 6) is -0.422. The number of rotatable bonds is 13. The summed E-state index contributed by atoms with van der Waals surface area (Å²) in [6.07, 6.45) is -0.533. The predicted molar refractivity (Wildman–Crippen MR) is 248 cm³/mol. The van der Waals surface area contributed by atoms with Crippen LogP contribution in [0.15, 0.2) is 107 Å². The molecule has 2 N–H and O–H groups in total. The number of sulfonamides is 1. The van der Waals surface area contributed by atoms with Crippen LogP contribution in [0.25, 0.3) is 11.1 Å². The number of nitriles is 1. The van der Waals surface area contributed by atoms with Crippen molar-refractivity contribution < 1.29 is 41.7 Å². The van der Waals surface area contributed by atoms with E-state index in [0.29, 0.717) is 49.5 Å². The fourth-order valence-corrected chi connectivity index (χ4v) is 11.1. The van der Waals surface area contributed by atoms with Crippen LogP contribution in [0.5, 0.6) is 17.2 Å². The van der Waals surface area contributed by atoms with Crippen LogP contribution in [0.4, 0.5) is 5.13 Å². The van der Waals surface area contributed by atoms with Crippen LogP contribution in [0.2, 0.25) is 10.0 Å². The van der Waals surface area contributed by atoms with Gasteiger partial charge in [0, 0.05) is 19.9 Å². The summed E-state index contributed by atoms with van der Waals surface area (Å²) in [7, 11) is -3.25. The molecule has 0 spiro atoms. The van der Waals surface area contributed by atoms with E-state index in [4.69, 9.17) is 47.4 Å². The van der Waals surface area contributed by atoms with E-state index in [1.54, 1.807) is 36.4 Å². The zero-order valence-electron chi connectivity index (χ0n) is 35.7. The fraction of sp³-hybridized carbons (Fsp3) is 0.229. The number of esters is 1. The maximum absolute atomic E-state index is 14.7. The average Bonchev–Trinajstić information content (AvgIpc) is 3.70. The van der Waals surface area contributed by atoms with E-state index in [2.05, 4.69) is 21.7 Å². The highest BCUT2D eigenvalue weighted by atomic mass is 35.5. The Kier molecular flexibility index (Phi) is 13.6. The second-order valence-corrected chi connectivity index (χ2v) is 19.5. The normalized spacial score (nSPS) is 16.0. The van der Waals surface area contributed by atoms with Crippen molar-refractivity contribution in [3.8, 4) is 34.4 Å². The Balaban J connectivity index is 1.04. The van der Waals surface area contributed by atoms with Gasteiger partial charge in [0.2, 0.25) is 11.8 Å². The van der Waals surface area contributed by atoms with E-state index in [0.717, 1.165) is 37.9 Å². The summed E-state index contributed by atoms with van der Waals surface area (Å²) >= 11 is 13.0. The molecule has 0 saturated heterocycles. The summed E-state index contributed by atoms with van der Waals surface area (Å²) in [6, 6.07) is 30.3. The molecule has 0 radical (unpaired) electrons. The Morgan fingerprint density at radius 3 is 2.27 bits per heavy atom. The Hall–Kier alpha value is -6.48. The van der Waals surface area contributed by atoms with Crippen LogP contribution in [0.1, 0.15) is 52.1 Å². The van der Waals surface area contributed by atoms with Crippen molar-refractivity contribution in [2.75, 3.05) is 19.0 Å². The number of carbonyl (C=O) groups is 3. The van der Waals surface area contributed by atoms with Crippen LogP contribution < -0.4 is 24.8 Å². The number of carbonyl (C=O) groups excluding carboxylic acids is 3. The van der Waals surface area contributed by atoms with Gasteiger partial charge in [0.05, 0.1) is 34.5 Å². The lowest BCUT2D eigenvalue weighted by Crippen LogP contribution is -2.56. The minimum Gasteiger partial charge on any atom is -0.489 e. The number of benzene rings is 5. The standard InChI is InChI=1S/C48H41Cl2N5O9S2/c1-27-47(65-48(52-27)53-28(2)56)66(59,60)55-24-36-22-43-42(63-26-44(64-43)34-13-15-37(16-14-34)62-25-31-8-17-38(49)39(50)18-31)21-35(36)20-41(55)45(57)54-40(46(58)61-3)19-29-4-9-32(10-5-29)33-11-6-30(23-51)7-12-33/h4-18,21-22,40-41,44H,19-20,24-26H2,1-3H3,(H,54,57)(H,52,53,56). The quantitative estimate of drug-likeness (QED) is 0.106. The molecule has 18 heteroatoms. The Labute approximate surface area is 395 Å². The van der Waals surface area contributed by atoms with Gasteiger partial charge in [-0.3, -0.25) is 9.59 Å². The Morgan fingerprint density at radius 2 is 1.61 bits per heavy atom. The summed E-state index contributed by atoms with van der Waals surface area (Å²) in [5, 5.41) is 15.5. The van der Waals surface area contributed by atoms with Gasteiger partial charge in [0.1, 0.15) is 31.0 Å². The predicted octanol–water partition coefficient (Wildman–Crippen LogP) is 8.36. The van der Waals surface area contributed by atoms with Crippen molar-refractivity contribution in [2.24, 2.45) is 0 Å². The molecule has 3 heterocycles. The van der Waals surface area contributed by atoms with Crippen molar-refractivity contribution in [1.82, 2.24) is 14.6 Å². The number of halogens is 2. The number of anilines is 1. The van der Waals surface area contributed by atoms with Crippen molar-refractivity contribution in [3.63, 3.8) is 0 Å². The molecule has 0 bridgehead atoms. The van der Waals surface area contributed by atoms with E-state index < -0.39 is 46.0 Å². The third-order valence-electron chi connectivity index (χ3n) is 11.1. The molecule has 0 fully saturated rings. The van der Waals surface area contributed by atoms with Crippen molar-refractivity contribution in [1.29, 1.82) is 5.26 Å². The highest BCUT2D eigenvalue weighted by Gasteiger charge is 2.43.